The fraction of sp³-hybridized carbons (Fsp3) is 0.278. The summed E-state index contributed by atoms with van der Waals surface area (Å²) in [6.45, 7) is 3.80. The van der Waals surface area contributed by atoms with Gasteiger partial charge in [0.05, 0.1) is 10.7 Å². The van der Waals surface area contributed by atoms with Gasteiger partial charge in [0.15, 0.2) is 9.84 Å². The van der Waals surface area contributed by atoms with E-state index in [9.17, 15) is 8.42 Å². The minimum absolute atomic E-state index is 0.291. The minimum atomic E-state index is -3.23. The third-order valence-electron chi connectivity index (χ3n) is 3.94. The van der Waals surface area contributed by atoms with Crippen LogP contribution in [0.15, 0.2) is 62.9 Å². The highest BCUT2D eigenvalue weighted by molar-refractivity contribution is 9.10. The van der Waals surface area contributed by atoms with E-state index in [0.29, 0.717) is 17.2 Å². The lowest BCUT2D eigenvalue weighted by Gasteiger charge is -2.31. The van der Waals surface area contributed by atoms with Crippen molar-refractivity contribution in [1.29, 1.82) is 0 Å². The molecule has 0 heterocycles. The Morgan fingerprint density at radius 3 is 2.25 bits per heavy atom. The molecule has 0 amide bonds. The first-order chi connectivity index (χ1) is 11.2. The second-order valence-electron chi connectivity index (χ2n) is 5.77. The molecule has 2 aromatic rings. The summed E-state index contributed by atoms with van der Waals surface area (Å²) in [6.07, 6.45) is 1.89. The summed E-state index contributed by atoms with van der Waals surface area (Å²) in [5, 5.41) is 0. The number of benzene rings is 2. The van der Waals surface area contributed by atoms with Gasteiger partial charge in [0.2, 0.25) is 0 Å². The summed E-state index contributed by atoms with van der Waals surface area (Å²) in [5.41, 5.74) is 7.15. The number of hydrogen-bond donors (Lipinski definition) is 1. The highest BCUT2D eigenvalue weighted by Gasteiger charge is 2.32. The molecule has 4 nitrogen and oxygen atoms in total. The number of rotatable bonds is 5. The Labute approximate surface area is 151 Å². The van der Waals surface area contributed by atoms with Crippen LogP contribution in [0.2, 0.25) is 0 Å². The van der Waals surface area contributed by atoms with E-state index < -0.39 is 15.4 Å². The molecule has 2 N–H and O–H groups in total. The molecule has 0 aliphatic carbocycles. The first-order valence-corrected chi connectivity index (χ1v) is 10.3. The van der Waals surface area contributed by atoms with E-state index in [1.807, 2.05) is 43.3 Å². The number of halogens is 1. The Bertz CT molecular complexity index is 857. The van der Waals surface area contributed by atoms with Crippen LogP contribution in [0.3, 0.4) is 0 Å². The van der Waals surface area contributed by atoms with E-state index >= 15 is 0 Å². The van der Waals surface area contributed by atoms with Crippen molar-refractivity contribution < 1.29 is 8.42 Å². The van der Waals surface area contributed by atoms with Gasteiger partial charge in [-0.15, -0.1) is 0 Å². The highest BCUT2D eigenvalue weighted by Crippen LogP contribution is 2.38. The molecule has 2 aromatic carbocycles. The van der Waals surface area contributed by atoms with Crippen LogP contribution in [0.5, 0.6) is 0 Å². The topological polar surface area (TPSA) is 72.5 Å². The van der Waals surface area contributed by atoms with Gasteiger partial charge in [-0.3, -0.25) is 4.99 Å². The van der Waals surface area contributed by atoms with Crippen molar-refractivity contribution in [3.8, 4) is 0 Å². The van der Waals surface area contributed by atoms with Gasteiger partial charge < -0.3 is 5.73 Å². The molecule has 128 valence electrons. The third kappa shape index (κ3) is 3.87. The predicted octanol–water partition coefficient (Wildman–Crippen LogP) is 3.88. The second kappa shape index (κ2) is 7.07. The smallest absolute Gasteiger partial charge is 0.175 e. The molecule has 1 unspecified atom stereocenters. The number of amidine groups is 1. The van der Waals surface area contributed by atoms with Crippen LogP contribution in [0.25, 0.3) is 0 Å². The summed E-state index contributed by atoms with van der Waals surface area (Å²) < 4.78 is 24.4. The second-order valence-corrected chi connectivity index (χ2v) is 8.71. The van der Waals surface area contributed by atoms with Crippen LogP contribution in [0.1, 0.15) is 31.4 Å². The summed E-state index contributed by atoms with van der Waals surface area (Å²) in [6, 6.07) is 14.8. The number of hydrogen-bond acceptors (Lipinski definition) is 3. The van der Waals surface area contributed by atoms with Crippen LogP contribution < -0.4 is 5.73 Å². The normalized spacial score (nSPS) is 15.1. The third-order valence-corrected chi connectivity index (χ3v) is 5.56. The zero-order chi connectivity index (χ0) is 18.0. The molecule has 0 saturated heterocycles. The predicted molar refractivity (Wildman–Crippen MR) is 102 cm³/mol. The lowest BCUT2D eigenvalue weighted by Crippen LogP contribution is -2.28. The average molecular weight is 409 g/mol. The summed E-state index contributed by atoms with van der Waals surface area (Å²) in [4.78, 5) is 5.02. The fourth-order valence-electron chi connectivity index (χ4n) is 2.81. The quantitative estimate of drug-likeness (QED) is 0.602. The molecule has 0 saturated carbocycles. The first-order valence-electron chi connectivity index (χ1n) is 7.57. The zero-order valence-corrected chi connectivity index (χ0v) is 16.4. The number of aliphatic imine (C=N–C) groups is 1. The van der Waals surface area contributed by atoms with Gasteiger partial charge in [-0.25, -0.2) is 8.42 Å². The van der Waals surface area contributed by atoms with E-state index in [4.69, 9.17) is 10.7 Å². The molecule has 0 radical (unpaired) electrons. The molecule has 24 heavy (non-hydrogen) atoms. The molecule has 1 atom stereocenters. The van der Waals surface area contributed by atoms with Crippen molar-refractivity contribution in [1.82, 2.24) is 0 Å². The van der Waals surface area contributed by atoms with Gasteiger partial charge in [-0.2, -0.15) is 0 Å². The van der Waals surface area contributed by atoms with Crippen molar-refractivity contribution in [2.24, 2.45) is 10.7 Å². The Hall–Kier alpha value is -1.66. The van der Waals surface area contributed by atoms with Crippen LogP contribution in [0.4, 0.5) is 0 Å². The van der Waals surface area contributed by atoms with Crippen molar-refractivity contribution in [3.63, 3.8) is 0 Å². The molecule has 0 spiro atoms. The van der Waals surface area contributed by atoms with Gasteiger partial charge in [0, 0.05) is 10.7 Å². The molecule has 2 rings (SSSR count). The lowest BCUT2D eigenvalue weighted by atomic mass is 9.81. The van der Waals surface area contributed by atoms with E-state index in [-0.39, 0.29) is 0 Å². The maximum Gasteiger partial charge on any atom is 0.175 e. The van der Waals surface area contributed by atoms with E-state index in [1.165, 1.54) is 6.26 Å². The van der Waals surface area contributed by atoms with Gasteiger partial charge in [-0.1, -0.05) is 47.1 Å². The largest absolute Gasteiger partial charge is 0.388 e. The van der Waals surface area contributed by atoms with Crippen molar-refractivity contribution in [3.05, 3.63) is 64.1 Å². The van der Waals surface area contributed by atoms with Crippen LogP contribution >= 0.6 is 15.9 Å². The molecule has 0 fully saturated rings. The monoisotopic (exact) mass is 408 g/mol. The lowest BCUT2D eigenvalue weighted by molar-refractivity contribution is 0.521. The van der Waals surface area contributed by atoms with Gasteiger partial charge in [-0.05, 0) is 48.7 Å². The van der Waals surface area contributed by atoms with Gasteiger partial charge in [0.25, 0.3) is 0 Å². The maximum atomic E-state index is 11.7. The van der Waals surface area contributed by atoms with Crippen LogP contribution in [-0.2, 0) is 15.4 Å². The Morgan fingerprint density at radius 2 is 1.79 bits per heavy atom. The number of nitrogens with zero attached hydrogens (tertiary/aromatic N) is 1. The molecule has 0 aliphatic heterocycles. The molecular formula is C18H21BrN2O2S. The van der Waals surface area contributed by atoms with Crippen LogP contribution in [-0.4, -0.2) is 20.5 Å². The molecule has 0 aliphatic rings. The maximum absolute atomic E-state index is 11.7. The highest BCUT2D eigenvalue weighted by atomic mass is 79.9. The first kappa shape index (κ1) is 18.7. The van der Waals surface area contributed by atoms with E-state index in [2.05, 4.69) is 15.9 Å². The van der Waals surface area contributed by atoms with Gasteiger partial charge >= 0.3 is 0 Å². The number of nitrogens with two attached hydrogens (primary N) is 1. The van der Waals surface area contributed by atoms with Gasteiger partial charge in [0.1, 0.15) is 5.54 Å². The minimum Gasteiger partial charge on any atom is -0.388 e. The Kier molecular flexibility index (Phi) is 5.50. The number of sulfone groups is 1. The summed E-state index contributed by atoms with van der Waals surface area (Å²) >= 11 is 3.50. The van der Waals surface area contributed by atoms with E-state index in [1.54, 1.807) is 19.1 Å². The van der Waals surface area contributed by atoms with Crippen molar-refractivity contribution in [2.45, 2.75) is 30.7 Å². The molecule has 6 heteroatoms. The van der Waals surface area contributed by atoms with Crippen molar-refractivity contribution >= 4 is 31.6 Å². The molecule has 0 bridgehead atoms. The van der Waals surface area contributed by atoms with E-state index in [0.717, 1.165) is 15.6 Å². The fourth-order valence-corrected chi connectivity index (χ4v) is 3.84. The Balaban J connectivity index is 2.69. The SMILES string of the molecule is CCC(N=C(C)N)(c1ccc(S(C)(=O)=O)cc1)c1cccc(Br)c1. The molecule has 0 aromatic heterocycles. The zero-order valence-electron chi connectivity index (χ0n) is 14.0. The summed E-state index contributed by atoms with van der Waals surface area (Å²) in [7, 11) is -3.23. The summed E-state index contributed by atoms with van der Waals surface area (Å²) in [5.74, 6) is 0.476. The van der Waals surface area contributed by atoms with Crippen LogP contribution in [0, 0.1) is 0 Å². The Morgan fingerprint density at radius 1 is 1.17 bits per heavy atom. The molecular weight excluding hydrogens is 388 g/mol. The standard InChI is InChI=1S/C18H21BrN2O2S/c1-4-18(21-13(2)20,15-6-5-7-16(19)12-15)14-8-10-17(11-9-14)24(3,22)23/h5-12H,4H2,1-3H3,(H2,20,21). The van der Waals surface area contributed by atoms with Crippen molar-refractivity contribution in [2.75, 3.05) is 6.26 Å². The average Bonchev–Trinajstić information content (AvgIpc) is 2.52.